The van der Waals surface area contributed by atoms with E-state index < -0.39 is 0 Å². The summed E-state index contributed by atoms with van der Waals surface area (Å²) in [6.07, 6.45) is 6.31. The van der Waals surface area contributed by atoms with E-state index in [-0.39, 0.29) is 30.1 Å². The van der Waals surface area contributed by atoms with E-state index in [9.17, 15) is 9.59 Å². The van der Waals surface area contributed by atoms with Crippen molar-refractivity contribution in [3.05, 3.63) is 65.7 Å². The van der Waals surface area contributed by atoms with E-state index in [0.29, 0.717) is 11.7 Å². The number of hydrogen-bond donors (Lipinski definition) is 1. The van der Waals surface area contributed by atoms with Crippen LogP contribution in [0.4, 0.5) is 4.79 Å². The summed E-state index contributed by atoms with van der Waals surface area (Å²) in [7, 11) is 0. The monoisotopic (exact) mass is 476 g/mol. The van der Waals surface area contributed by atoms with Gasteiger partial charge in [0.2, 0.25) is 0 Å². The molecule has 1 heterocycles. The lowest BCUT2D eigenvalue weighted by Gasteiger charge is -2.53. The fourth-order valence-corrected chi connectivity index (χ4v) is 6.14. The molecule has 1 N–H and O–H groups in total. The molecule has 2 aromatic rings. The SMILES string of the molecule is CC(=O)Oc1cccc(C23CCN(CC4CC4)CC2CCC(NC(=O)OCc2ccccc2)C3)c1. The van der Waals surface area contributed by atoms with Crippen molar-refractivity contribution in [3.8, 4) is 5.75 Å². The van der Waals surface area contributed by atoms with Crippen molar-refractivity contribution in [1.29, 1.82) is 0 Å². The second-order valence-electron chi connectivity index (χ2n) is 10.6. The number of hydrogen-bond acceptors (Lipinski definition) is 5. The van der Waals surface area contributed by atoms with Gasteiger partial charge in [0.1, 0.15) is 12.4 Å². The molecule has 6 heteroatoms. The second-order valence-corrected chi connectivity index (χ2v) is 10.6. The third-order valence-electron chi connectivity index (χ3n) is 8.03. The smallest absolute Gasteiger partial charge is 0.407 e. The largest absolute Gasteiger partial charge is 0.445 e. The Hall–Kier alpha value is -2.86. The Kier molecular flexibility index (Phi) is 7.09. The van der Waals surface area contributed by atoms with Gasteiger partial charge in [-0.2, -0.15) is 0 Å². The van der Waals surface area contributed by atoms with Gasteiger partial charge >= 0.3 is 12.1 Å². The zero-order chi connectivity index (χ0) is 24.3. The van der Waals surface area contributed by atoms with Crippen molar-refractivity contribution in [2.75, 3.05) is 19.6 Å². The first-order chi connectivity index (χ1) is 17.0. The molecular weight excluding hydrogens is 440 g/mol. The molecule has 0 bridgehead atoms. The van der Waals surface area contributed by atoms with Crippen molar-refractivity contribution >= 4 is 12.1 Å². The molecule has 3 fully saturated rings. The number of likely N-dealkylation sites (tertiary alicyclic amines) is 1. The summed E-state index contributed by atoms with van der Waals surface area (Å²) in [6.45, 7) is 5.09. The fraction of sp³-hybridized carbons (Fsp3) is 0.517. The number of carbonyl (C=O) groups is 2. The average Bonchev–Trinajstić information content (AvgIpc) is 3.67. The third-order valence-corrected chi connectivity index (χ3v) is 8.03. The lowest BCUT2D eigenvalue weighted by molar-refractivity contribution is -0.131. The van der Waals surface area contributed by atoms with E-state index in [1.54, 1.807) is 0 Å². The first-order valence-electron chi connectivity index (χ1n) is 13.0. The third kappa shape index (κ3) is 5.87. The number of ether oxygens (including phenoxy) is 2. The number of piperidine rings is 1. The highest BCUT2D eigenvalue weighted by Gasteiger charge is 2.49. The minimum Gasteiger partial charge on any atom is -0.445 e. The van der Waals surface area contributed by atoms with Gasteiger partial charge in [-0.1, -0.05) is 42.5 Å². The van der Waals surface area contributed by atoms with Crippen LogP contribution in [0, 0.1) is 11.8 Å². The molecule has 186 valence electrons. The standard InChI is InChI=1S/C29H36N2O4/c1-21(32)35-27-9-5-8-24(16-27)29-14-15-31(18-22-10-11-22)19-25(29)12-13-26(17-29)30-28(33)34-20-23-6-3-2-4-7-23/h2-9,16,22,25-26H,10-15,17-20H2,1H3,(H,30,33). The quantitative estimate of drug-likeness (QED) is 0.447. The van der Waals surface area contributed by atoms with Crippen molar-refractivity contribution < 1.29 is 19.1 Å². The number of fused-ring (bicyclic) bond motifs is 1. The Morgan fingerprint density at radius 2 is 1.89 bits per heavy atom. The van der Waals surface area contributed by atoms with Gasteiger partial charge < -0.3 is 19.7 Å². The Morgan fingerprint density at radius 3 is 2.66 bits per heavy atom. The van der Waals surface area contributed by atoms with Gasteiger partial charge in [0, 0.05) is 31.5 Å². The van der Waals surface area contributed by atoms with Crippen molar-refractivity contribution in [1.82, 2.24) is 10.2 Å². The highest BCUT2D eigenvalue weighted by atomic mass is 16.5. The number of rotatable bonds is 7. The van der Waals surface area contributed by atoms with E-state index in [2.05, 4.69) is 16.3 Å². The highest BCUT2D eigenvalue weighted by molar-refractivity contribution is 5.69. The van der Waals surface area contributed by atoms with Crippen LogP contribution in [0.1, 0.15) is 56.6 Å². The molecule has 3 unspecified atom stereocenters. The van der Waals surface area contributed by atoms with Gasteiger partial charge in [-0.15, -0.1) is 0 Å². The molecule has 1 aliphatic heterocycles. The number of esters is 1. The van der Waals surface area contributed by atoms with Crippen LogP contribution in [-0.4, -0.2) is 42.6 Å². The van der Waals surface area contributed by atoms with Gasteiger partial charge in [0.05, 0.1) is 0 Å². The first-order valence-corrected chi connectivity index (χ1v) is 13.0. The maximum absolute atomic E-state index is 12.6. The number of benzene rings is 2. The van der Waals surface area contributed by atoms with Crippen molar-refractivity contribution in [2.24, 2.45) is 11.8 Å². The summed E-state index contributed by atoms with van der Waals surface area (Å²) in [5.74, 6) is 1.69. The zero-order valence-corrected chi connectivity index (χ0v) is 20.6. The normalized spacial score (nSPS) is 26.4. The molecule has 1 saturated heterocycles. The molecule has 6 nitrogen and oxygen atoms in total. The van der Waals surface area contributed by atoms with Gasteiger partial charge in [-0.05, 0) is 80.2 Å². The highest BCUT2D eigenvalue weighted by Crippen LogP contribution is 2.50. The fourth-order valence-electron chi connectivity index (χ4n) is 6.14. The molecule has 2 aromatic carbocycles. The van der Waals surface area contributed by atoms with Crippen molar-refractivity contribution in [2.45, 2.75) is 63.5 Å². The molecule has 35 heavy (non-hydrogen) atoms. The molecule has 2 aliphatic carbocycles. The topological polar surface area (TPSA) is 67.9 Å². The van der Waals surface area contributed by atoms with Crippen LogP contribution in [0.3, 0.4) is 0 Å². The minimum absolute atomic E-state index is 0.0498. The van der Waals surface area contributed by atoms with Crippen LogP contribution >= 0.6 is 0 Å². The summed E-state index contributed by atoms with van der Waals surface area (Å²) < 4.78 is 11.0. The molecule has 1 amide bonds. The average molecular weight is 477 g/mol. The van der Waals surface area contributed by atoms with Gasteiger partial charge in [-0.25, -0.2) is 4.79 Å². The molecule has 0 spiro atoms. The maximum Gasteiger partial charge on any atom is 0.407 e. The number of carbonyl (C=O) groups excluding carboxylic acids is 2. The van der Waals surface area contributed by atoms with Crippen LogP contribution in [0.2, 0.25) is 0 Å². The molecule has 3 atom stereocenters. The number of nitrogens with one attached hydrogen (secondary N) is 1. The zero-order valence-electron chi connectivity index (χ0n) is 20.6. The summed E-state index contributed by atoms with van der Waals surface area (Å²) in [4.78, 5) is 26.9. The predicted octanol–water partition coefficient (Wildman–Crippen LogP) is 5.06. The van der Waals surface area contributed by atoms with E-state index in [4.69, 9.17) is 9.47 Å². The summed E-state index contributed by atoms with van der Waals surface area (Å²) in [6, 6.07) is 17.9. The molecule has 0 aromatic heterocycles. The van der Waals surface area contributed by atoms with E-state index >= 15 is 0 Å². The molecule has 3 aliphatic rings. The molecule has 0 radical (unpaired) electrons. The Labute approximate surface area is 208 Å². The lowest BCUT2D eigenvalue weighted by Crippen LogP contribution is -2.56. The van der Waals surface area contributed by atoms with Crippen LogP contribution < -0.4 is 10.1 Å². The number of nitrogens with zero attached hydrogens (tertiary/aromatic N) is 1. The molecule has 2 saturated carbocycles. The van der Waals surface area contributed by atoms with E-state index in [1.807, 2.05) is 48.5 Å². The predicted molar refractivity (Wildman–Crippen MR) is 134 cm³/mol. The van der Waals surface area contributed by atoms with E-state index in [0.717, 1.165) is 50.3 Å². The van der Waals surface area contributed by atoms with Gasteiger partial charge in [0.15, 0.2) is 0 Å². The van der Waals surface area contributed by atoms with Gasteiger partial charge in [-0.3, -0.25) is 4.79 Å². The number of alkyl carbamates (subject to hydrolysis) is 1. The molecular formula is C29H36N2O4. The van der Waals surface area contributed by atoms with Gasteiger partial charge in [0.25, 0.3) is 0 Å². The summed E-state index contributed by atoms with van der Waals surface area (Å²) >= 11 is 0. The van der Waals surface area contributed by atoms with Crippen LogP contribution in [-0.2, 0) is 21.6 Å². The Bertz CT molecular complexity index is 1040. The summed E-state index contributed by atoms with van der Waals surface area (Å²) in [5, 5.41) is 3.16. The number of amides is 1. The summed E-state index contributed by atoms with van der Waals surface area (Å²) in [5.41, 5.74) is 2.15. The first kappa shape index (κ1) is 23.9. The van der Waals surface area contributed by atoms with Crippen LogP contribution in [0.15, 0.2) is 54.6 Å². The Morgan fingerprint density at radius 1 is 1.06 bits per heavy atom. The minimum atomic E-state index is -0.354. The van der Waals surface area contributed by atoms with Crippen molar-refractivity contribution in [3.63, 3.8) is 0 Å². The van der Waals surface area contributed by atoms with E-state index in [1.165, 1.54) is 31.9 Å². The molecule has 5 rings (SSSR count). The maximum atomic E-state index is 12.6. The van der Waals surface area contributed by atoms with Crippen LogP contribution in [0.25, 0.3) is 0 Å². The van der Waals surface area contributed by atoms with Crippen LogP contribution in [0.5, 0.6) is 5.75 Å². The second kappa shape index (κ2) is 10.4. The Balaban J connectivity index is 1.31. The lowest BCUT2D eigenvalue weighted by atomic mass is 9.58.